The number of halogens is 1. The van der Waals surface area contributed by atoms with Crippen LogP contribution in [0.25, 0.3) is 44.4 Å². The minimum Gasteiger partial charge on any atom is -0.493 e. The van der Waals surface area contributed by atoms with Crippen molar-refractivity contribution < 1.29 is 27.5 Å². The Morgan fingerprint density at radius 1 is 0.789 bits per heavy atom. The number of ether oxygens (including phenoxy) is 2. The van der Waals surface area contributed by atoms with Crippen molar-refractivity contribution in [2.45, 2.75) is 0 Å². The maximum Gasteiger partial charge on any atom is 0.346 e. The van der Waals surface area contributed by atoms with Gasteiger partial charge < -0.3 is 18.3 Å². The van der Waals surface area contributed by atoms with Crippen LogP contribution in [-0.2, 0) is 0 Å². The molecule has 0 aliphatic heterocycles. The van der Waals surface area contributed by atoms with Crippen LogP contribution >= 0.6 is 0 Å². The molecular weight excluding hydrogens is 487 g/mol. The maximum atomic E-state index is 14.3. The monoisotopic (exact) mass is 506 g/mol. The Balaban J connectivity index is 1.57. The summed E-state index contributed by atoms with van der Waals surface area (Å²) in [5.41, 5.74) is 1.67. The first-order valence-corrected chi connectivity index (χ1v) is 11.7. The van der Waals surface area contributed by atoms with Gasteiger partial charge in [0.2, 0.25) is 0 Å². The molecule has 0 radical (unpaired) electrons. The molecule has 0 aliphatic rings. The number of methoxy groups -OCH3 is 1. The van der Waals surface area contributed by atoms with Crippen molar-refractivity contribution in [2.75, 3.05) is 7.11 Å². The number of carbonyl (C=O) groups excluding carboxylic acids is 1. The molecule has 2 heterocycles. The molecule has 6 rings (SSSR count). The lowest BCUT2D eigenvalue weighted by atomic mass is 10.00. The summed E-state index contributed by atoms with van der Waals surface area (Å²) in [7, 11) is 1.55. The summed E-state index contributed by atoms with van der Waals surface area (Å²) in [6, 6.07) is 26.6. The average molecular weight is 506 g/mol. The van der Waals surface area contributed by atoms with E-state index in [9.17, 15) is 14.0 Å². The van der Waals surface area contributed by atoms with E-state index in [2.05, 4.69) is 0 Å². The van der Waals surface area contributed by atoms with E-state index in [4.69, 9.17) is 18.3 Å². The van der Waals surface area contributed by atoms with Gasteiger partial charge in [0.25, 0.3) is 0 Å². The van der Waals surface area contributed by atoms with Gasteiger partial charge in [0.15, 0.2) is 11.3 Å². The lowest BCUT2D eigenvalue weighted by molar-refractivity contribution is 0.0731. The van der Waals surface area contributed by atoms with Crippen molar-refractivity contribution >= 4 is 27.9 Å². The largest absolute Gasteiger partial charge is 0.493 e. The standard InChI is InChI=1S/C31H19FO6/c1-35-25-13-7-10-19-14-26(37-30(19)25)23-17-29(33)36-28-15-21(18-8-3-2-4-9-18)27(16-22(23)28)38-31(34)20-11-5-6-12-24(20)32/h2-17H,1H3. The molecule has 0 atom stereocenters. The number of para-hydroxylation sites is 1. The highest BCUT2D eigenvalue weighted by atomic mass is 19.1. The molecule has 0 saturated carbocycles. The van der Waals surface area contributed by atoms with E-state index in [0.29, 0.717) is 39.2 Å². The molecule has 6 aromatic rings. The van der Waals surface area contributed by atoms with Crippen LogP contribution in [0.5, 0.6) is 11.5 Å². The van der Waals surface area contributed by atoms with E-state index in [1.54, 1.807) is 37.4 Å². The number of hydrogen-bond acceptors (Lipinski definition) is 6. The summed E-state index contributed by atoms with van der Waals surface area (Å²) in [6.07, 6.45) is 0. The molecule has 4 aromatic carbocycles. The van der Waals surface area contributed by atoms with Gasteiger partial charge in [-0.25, -0.2) is 14.0 Å². The van der Waals surface area contributed by atoms with Crippen molar-refractivity contribution in [3.05, 3.63) is 119 Å². The summed E-state index contributed by atoms with van der Waals surface area (Å²) in [5.74, 6) is -0.427. The smallest absolute Gasteiger partial charge is 0.346 e. The number of carbonyl (C=O) groups is 1. The normalized spacial score (nSPS) is 11.1. The van der Waals surface area contributed by atoms with Gasteiger partial charge in [-0.15, -0.1) is 0 Å². The van der Waals surface area contributed by atoms with Crippen LogP contribution in [-0.4, -0.2) is 13.1 Å². The van der Waals surface area contributed by atoms with Gasteiger partial charge in [0, 0.05) is 28.0 Å². The van der Waals surface area contributed by atoms with Crippen molar-refractivity contribution in [3.8, 4) is 33.9 Å². The Bertz CT molecular complexity index is 1880. The van der Waals surface area contributed by atoms with Crippen molar-refractivity contribution in [1.82, 2.24) is 0 Å². The van der Waals surface area contributed by atoms with Crippen LogP contribution in [0.1, 0.15) is 10.4 Å². The Hall–Kier alpha value is -5.17. The molecular formula is C31H19FO6. The minimum atomic E-state index is -0.855. The molecule has 0 fully saturated rings. The summed E-state index contributed by atoms with van der Waals surface area (Å²) in [4.78, 5) is 25.6. The summed E-state index contributed by atoms with van der Waals surface area (Å²) in [5, 5.41) is 1.26. The highest BCUT2D eigenvalue weighted by Gasteiger charge is 2.21. The molecule has 186 valence electrons. The van der Waals surface area contributed by atoms with Gasteiger partial charge in [0.05, 0.1) is 12.7 Å². The molecule has 6 nitrogen and oxygen atoms in total. The molecule has 0 unspecified atom stereocenters. The van der Waals surface area contributed by atoms with E-state index in [1.165, 1.54) is 24.3 Å². The predicted molar refractivity (Wildman–Crippen MR) is 141 cm³/mol. The Kier molecular flexibility index (Phi) is 5.73. The zero-order chi connectivity index (χ0) is 26.2. The fourth-order valence-electron chi connectivity index (χ4n) is 4.43. The molecule has 0 aliphatic carbocycles. The van der Waals surface area contributed by atoms with Crippen molar-refractivity contribution in [2.24, 2.45) is 0 Å². The molecule has 2 aromatic heterocycles. The fourth-order valence-corrected chi connectivity index (χ4v) is 4.43. The van der Waals surface area contributed by atoms with Crippen molar-refractivity contribution in [1.29, 1.82) is 0 Å². The topological polar surface area (TPSA) is 78.9 Å². The fraction of sp³-hybridized carbons (Fsp3) is 0.0323. The molecule has 7 heteroatoms. The second-order valence-corrected chi connectivity index (χ2v) is 8.55. The first kappa shape index (κ1) is 23.2. The van der Waals surface area contributed by atoms with Gasteiger partial charge >= 0.3 is 11.6 Å². The van der Waals surface area contributed by atoms with Crippen molar-refractivity contribution in [3.63, 3.8) is 0 Å². The van der Waals surface area contributed by atoms with E-state index in [0.717, 1.165) is 5.39 Å². The molecule has 0 amide bonds. The van der Waals surface area contributed by atoms with Crippen LogP contribution in [0.3, 0.4) is 0 Å². The van der Waals surface area contributed by atoms with Gasteiger partial charge in [-0.05, 0) is 42.0 Å². The number of esters is 1. The molecule has 0 spiro atoms. The first-order valence-electron chi connectivity index (χ1n) is 11.7. The predicted octanol–water partition coefficient (Wildman–Crippen LogP) is 7.24. The lowest BCUT2D eigenvalue weighted by Crippen LogP contribution is -2.11. The van der Waals surface area contributed by atoms with Crippen LogP contribution < -0.4 is 15.1 Å². The number of hydrogen-bond donors (Lipinski definition) is 0. The third kappa shape index (κ3) is 4.10. The van der Waals surface area contributed by atoms with E-state index < -0.39 is 17.4 Å². The highest BCUT2D eigenvalue weighted by Crippen LogP contribution is 2.40. The van der Waals surface area contributed by atoms with Gasteiger partial charge in [-0.3, -0.25) is 0 Å². The molecule has 0 saturated heterocycles. The second-order valence-electron chi connectivity index (χ2n) is 8.55. The molecule has 0 bridgehead atoms. The number of benzene rings is 4. The first-order chi connectivity index (χ1) is 18.5. The third-order valence-electron chi connectivity index (χ3n) is 6.22. The second kappa shape index (κ2) is 9.37. The number of fused-ring (bicyclic) bond motifs is 2. The van der Waals surface area contributed by atoms with E-state index >= 15 is 0 Å². The van der Waals surface area contributed by atoms with Crippen LogP contribution in [0, 0.1) is 5.82 Å². The summed E-state index contributed by atoms with van der Waals surface area (Å²) < 4.78 is 37.1. The van der Waals surface area contributed by atoms with Crippen LogP contribution in [0.15, 0.2) is 111 Å². The highest BCUT2D eigenvalue weighted by molar-refractivity contribution is 6.00. The minimum absolute atomic E-state index is 0.167. The quantitative estimate of drug-likeness (QED) is 0.139. The Labute approximate surface area is 215 Å². The van der Waals surface area contributed by atoms with Crippen LogP contribution in [0.2, 0.25) is 0 Å². The van der Waals surface area contributed by atoms with Crippen LogP contribution in [0.4, 0.5) is 4.39 Å². The third-order valence-corrected chi connectivity index (χ3v) is 6.22. The summed E-state index contributed by atoms with van der Waals surface area (Å²) >= 11 is 0. The maximum absolute atomic E-state index is 14.3. The molecule has 38 heavy (non-hydrogen) atoms. The SMILES string of the molecule is COc1cccc2cc(-c3cc(=O)oc4cc(-c5ccccc5)c(OC(=O)c5ccccc5F)cc34)oc12. The van der Waals surface area contributed by atoms with E-state index in [-0.39, 0.29) is 16.9 Å². The number of furan rings is 1. The lowest BCUT2D eigenvalue weighted by Gasteiger charge is -2.13. The zero-order valence-corrected chi connectivity index (χ0v) is 20.1. The Morgan fingerprint density at radius 2 is 1.58 bits per heavy atom. The zero-order valence-electron chi connectivity index (χ0n) is 20.1. The van der Waals surface area contributed by atoms with Gasteiger partial charge in [-0.1, -0.05) is 54.6 Å². The number of rotatable bonds is 5. The average Bonchev–Trinajstić information content (AvgIpc) is 3.37. The van der Waals surface area contributed by atoms with Gasteiger partial charge in [-0.2, -0.15) is 0 Å². The Morgan fingerprint density at radius 3 is 2.37 bits per heavy atom. The summed E-state index contributed by atoms with van der Waals surface area (Å²) in [6.45, 7) is 0. The van der Waals surface area contributed by atoms with E-state index in [1.807, 2.05) is 42.5 Å². The van der Waals surface area contributed by atoms with Gasteiger partial charge in [0.1, 0.15) is 22.9 Å². The molecule has 0 N–H and O–H groups in total.